The molecular formula is C23H20N4O6S. The fraction of sp³-hybridized carbons (Fsp3) is 0.130. The highest BCUT2D eigenvalue weighted by atomic mass is 32.2. The SMILES string of the molecule is O=C(NNC(=O)c1cccc(S(=O)(=O)N2CCc3ccccc3C2)c1)c1cccc([N+](=O)[O-])c1. The molecule has 0 aromatic heterocycles. The lowest BCUT2D eigenvalue weighted by molar-refractivity contribution is -0.384. The van der Waals surface area contributed by atoms with Gasteiger partial charge in [-0.15, -0.1) is 0 Å². The number of benzene rings is 3. The fourth-order valence-electron chi connectivity index (χ4n) is 3.64. The Morgan fingerprint density at radius 2 is 1.47 bits per heavy atom. The Morgan fingerprint density at radius 1 is 0.853 bits per heavy atom. The molecule has 3 aromatic carbocycles. The molecule has 2 amide bonds. The number of amides is 2. The molecule has 0 saturated carbocycles. The lowest BCUT2D eigenvalue weighted by atomic mass is 10.0. The van der Waals surface area contributed by atoms with Gasteiger partial charge in [0.05, 0.1) is 9.82 Å². The molecule has 2 N–H and O–H groups in total. The maximum absolute atomic E-state index is 13.2. The number of carbonyl (C=O) groups is 2. The third-order valence-corrected chi connectivity index (χ3v) is 7.28. The van der Waals surface area contributed by atoms with Gasteiger partial charge in [-0.1, -0.05) is 36.4 Å². The van der Waals surface area contributed by atoms with E-state index in [1.54, 1.807) is 0 Å². The molecule has 0 spiro atoms. The van der Waals surface area contributed by atoms with Crippen LogP contribution in [-0.2, 0) is 23.0 Å². The number of carbonyl (C=O) groups excluding carboxylic acids is 2. The number of nitrogens with one attached hydrogen (secondary N) is 2. The van der Waals surface area contributed by atoms with Crippen LogP contribution in [0.3, 0.4) is 0 Å². The fourth-order valence-corrected chi connectivity index (χ4v) is 5.11. The van der Waals surface area contributed by atoms with Crippen LogP contribution in [0.2, 0.25) is 0 Å². The van der Waals surface area contributed by atoms with Crippen LogP contribution in [-0.4, -0.2) is 36.0 Å². The smallest absolute Gasteiger partial charge is 0.267 e. The van der Waals surface area contributed by atoms with E-state index in [0.717, 1.165) is 17.2 Å². The highest BCUT2D eigenvalue weighted by Crippen LogP contribution is 2.25. The molecule has 1 heterocycles. The van der Waals surface area contributed by atoms with Crippen LogP contribution < -0.4 is 10.9 Å². The molecule has 4 rings (SSSR count). The molecule has 11 heteroatoms. The van der Waals surface area contributed by atoms with E-state index in [4.69, 9.17) is 0 Å². The van der Waals surface area contributed by atoms with Crippen LogP contribution in [0, 0.1) is 10.1 Å². The van der Waals surface area contributed by atoms with Gasteiger partial charge in [0.25, 0.3) is 17.5 Å². The number of hydrogen-bond donors (Lipinski definition) is 2. The minimum absolute atomic E-state index is 0.0174. The van der Waals surface area contributed by atoms with Gasteiger partial charge < -0.3 is 0 Å². The predicted octanol–water partition coefficient (Wildman–Crippen LogP) is 2.42. The van der Waals surface area contributed by atoms with E-state index < -0.39 is 26.8 Å². The maximum atomic E-state index is 13.2. The second-order valence-electron chi connectivity index (χ2n) is 7.60. The molecule has 0 saturated heterocycles. The number of non-ortho nitro benzene ring substituents is 1. The molecule has 0 fully saturated rings. The molecule has 34 heavy (non-hydrogen) atoms. The number of nitro benzene ring substituents is 1. The van der Waals surface area contributed by atoms with E-state index >= 15 is 0 Å². The van der Waals surface area contributed by atoms with E-state index in [9.17, 15) is 28.1 Å². The standard InChI is InChI=1S/C23H20N4O6S/c28-22(17-7-3-9-20(13-17)27(30)31)24-25-23(29)18-8-4-10-21(14-18)34(32,33)26-12-11-16-5-1-2-6-19(16)15-26/h1-10,13-14H,11-12,15H2,(H,24,28)(H,25,29). The summed E-state index contributed by atoms with van der Waals surface area (Å²) in [6.07, 6.45) is 0.596. The second-order valence-corrected chi connectivity index (χ2v) is 9.54. The zero-order chi connectivity index (χ0) is 24.3. The van der Waals surface area contributed by atoms with Gasteiger partial charge in [-0.25, -0.2) is 8.42 Å². The third-order valence-electron chi connectivity index (χ3n) is 5.44. The first-order valence-corrected chi connectivity index (χ1v) is 11.7. The molecule has 0 aliphatic carbocycles. The number of hydrogen-bond acceptors (Lipinski definition) is 6. The van der Waals surface area contributed by atoms with Crippen molar-refractivity contribution in [3.05, 3.63) is 105 Å². The van der Waals surface area contributed by atoms with E-state index in [-0.39, 0.29) is 28.3 Å². The summed E-state index contributed by atoms with van der Waals surface area (Å²) < 4.78 is 27.7. The summed E-state index contributed by atoms with van der Waals surface area (Å²) in [5, 5.41) is 10.9. The summed E-state index contributed by atoms with van der Waals surface area (Å²) in [7, 11) is -3.85. The largest absolute Gasteiger partial charge is 0.270 e. The zero-order valence-electron chi connectivity index (χ0n) is 17.8. The van der Waals surface area contributed by atoms with Gasteiger partial charge >= 0.3 is 0 Å². The van der Waals surface area contributed by atoms with Gasteiger partial charge in [-0.2, -0.15) is 4.31 Å². The molecule has 0 radical (unpaired) electrons. The maximum Gasteiger partial charge on any atom is 0.270 e. The van der Waals surface area contributed by atoms with Crippen molar-refractivity contribution in [2.45, 2.75) is 17.9 Å². The number of hydrazine groups is 1. The number of fused-ring (bicyclic) bond motifs is 1. The summed E-state index contributed by atoms with van der Waals surface area (Å²) >= 11 is 0. The molecule has 174 valence electrons. The highest BCUT2D eigenvalue weighted by molar-refractivity contribution is 7.89. The number of nitro groups is 1. The first-order chi connectivity index (χ1) is 16.3. The first-order valence-electron chi connectivity index (χ1n) is 10.3. The number of sulfonamides is 1. The zero-order valence-corrected chi connectivity index (χ0v) is 18.6. The van der Waals surface area contributed by atoms with Crippen molar-refractivity contribution in [3.8, 4) is 0 Å². The monoisotopic (exact) mass is 480 g/mol. The summed E-state index contributed by atoms with van der Waals surface area (Å²) in [6.45, 7) is 0.573. The third kappa shape index (κ3) is 4.80. The Bertz CT molecular complexity index is 1390. The topological polar surface area (TPSA) is 139 Å². The summed E-state index contributed by atoms with van der Waals surface area (Å²) in [4.78, 5) is 35.0. The minimum atomic E-state index is -3.85. The summed E-state index contributed by atoms with van der Waals surface area (Å²) in [5.41, 5.74) is 6.17. The normalized spacial score (nSPS) is 13.5. The number of rotatable bonds is 5. The Labute approximate surface area is 195 Å². The molecule has 0 bridgehead atoms. The van der Waals surface area contributed by atoms with E-state index in [1.807, 2.05) is 24.3 Å². The van der Waals surface area contributed by atoms with Gasteiger partial charge in [0, 0.05) is 36.3 Å². The molecule has 10 nitrogen and oxygen atoms in total. The average Bonchev–Trinajstić information content (AvgIpc) is 2.86. The average molecular weight is 481 g/mol. The Morgan fingerprint density at radius 3 is 2.15 bits per heavy atom. The lowest BCUT2D eigenvalue weighted by Crippen LogP contribution is -2.41. The van der Waals surface area contributed by atoms with Crippen LogP contribution in [0.15, 0.2) is 77.7 Å². The van der Waals surface area contributed by atoms with Gasteiger partial charge in [-0.3, -0.25) is 30.6 Å². The van der Waals surface area contributed by atoms with Crippen molar-refractivity contribution in [1.82, 2.24) is 15.2 Å². The minimum Gasteiger partial charge on any atom is -0.267 e. The molecule has 1 aliphatic heterocycles. The lowest BCUT2D eigenvalue weighted by Gasteiger charge is -2.28. The predicted molar refractivity (Wildman–Crippen MR) is 122 cm³/mol. The van der Waals surface area contributed by atoms with Gasteiger partial charge in [0.1, 0.15) is 0 Å². The number of nitrogens with zero attached hydrogens (tertiary/aromatic N) is 2. The molecule has 1 aliphatic rings. The Balaban J connectivity index is 1.46. The van der Waals surface area contributed by atoms with Crippen LogP contribution >= 0.6 is 0 Å². The van der Waals surface area contributed by atoms with E-state index in [1.165, 1.54) is 46.8 Å². The van der Waals surface area contributed by atoms with Crippen LogP contribution in [0.5, 0.6) is 0 Å². The molecular weight excluding hydrogens is 460 g/mol. The van der Waals surface area contributed by atoms with Crippen molar-refractivity contribution in [3.63, 3.8) is 0 Å². The van der Waals surface area contributed by atoms with Crippen molar-refractivity contribution in [2.75, 3.05) is 6.54 Å². The summed E-state index contributed by atoms with van der Waals surface area (Å²) in [5.74, 6) is -1.49. The Kier molecular flexibility index (Phi) is 6.39. The van der Waals surface area contributed by atoms with Crippen molar-refractivity contribution in [1.29, 1.82) is 0 Å². The van der Waals surface area contributed by atoms with Gasteiger partial charge in [0.15, 0.2) is 0 Å². The quantitative estimate of drug-likeness (QED) is 0.425. The van der Waals surface area contributed by atoms with Crippen LogP contribution in [0.25, 0.3) is 0 Å². The van der Waals surface area contributed by atoms with Crippen molar-refractivity contribution < 1.29 is 22.9 Å². The first kappa shape index (κ1) is 23.1. The molecule has 3 aromatic rings. The van der Waals surface area contributed by atoms with Crippen LogP contribution in [0.4, 0.5) is 5.69 Å². The van der Waals surface area contributed by atoms with E-state index in [2.05, 4.69) is 10.9 Å². The second kappa shape index (κ2) is 9.41. The van der Waals surface area contributed by atoms with Crippen molar-refractivity contribution >= 4 is 27.5 Å². The highest BCUT2D eigenvalue weighted by Gasteiger charge is 2.28. The van der Waals surface area contributed by atoms with E-state index in [0.29, 0.717) is 13.0 Å². The molecule has 0 atom stereocenters. The van der Waals surface area contributed by atoms with Crippen molar-refractivity contribution in [2.24, 2.45) is 0 Å². The molecule has 0 unspecified atom stereocenters. The van der Waals surface area contributed by atoms with Gasteiger partial charge in [-0.05, 0) is 41.8 Å². The van der Waals surface area contributed by atoms with Crippen LogP contribution in [0.1, 0.15) is 31.8 Å². The Hall–Kier alpha value is -4.09. The van der Waals surface area contributed by atoms with Gasteiger partial charge in [0.2, 0.25) is 10.0 Å². The summed E-state index contributed by atoms with van der Waals surface area (Å²) in [6, 6.07) is 18.2.